The van der Waals surface area contributed by atoms with Gasteiger partial charge in [-0.2, -0.15) is 5.10 Å². The maximum Gasteiger partial charge on any atom is 0.203 e. The largest absolute Gasteiger partial charge is 0.493 e. The van der Waals surface area contributed by atoms with Gasteiger partial charge in [-0.05, 0) is 12.1 Å². The van der Waals surface area contributed by atoms with E-state index in [0.29, 0.717) is 36.3 Å². The lowest BCUT2D eigenvalue weighted by molar-refractivity contribution is 0.322. The second kappa shape index (κ2) is 8.76. The molecule has 0 fully saturated rings. The molecule has 0 saturated heterocycles. The maximum atomic E-state index is 5.48. The highest BCUT2D eigenvalue weighted by molar-refractivity contribution is 5.79. The van der Waals surface area contributed by atoms with Crippen molar-refractivity contribution < 1.29 is 14.2 Å². The molecule has 0 aliphatic rings. The molecule has 25 heavy (non-hydrogen) atoms. The van der Waals surface area contributed by atoms with Crippen molar-refractivity contribution in [1.29, 1.82) is 0 Å². The quantitative estimate of drug-likeness (QED) is 0.562. The third kappa shape index (κ3) is 4.31. The number of hydrogen-bond acceptors (Lipinski definition) is 6. The zero-order valence-electron chi connectivity index (χ0n) is 15.2. The van der Waals surface area contributed by atoms with Crippen LogP contribution in [0.1, 0.15) is 11.4 Å². The molecule has 0 amide bonds. The average Bonchev–Trinajstić information content (AvgIpc) is 3.05. The maximum absolute atomic E-state index is 5.48. The molecule has 0 radical (unpaired) electrons. The lowest BCUT2D eigenvalue weighted by Gasteiger charge is -2.17. The molecule has 0 atom stereocenters. The van der Waals surface area contributed by atoms with Crippen LogP contribution in [0.15, 0.2) is 23.5 Å². The number of rotatable bonds is 7. The second-order valence-electron chi connectivity index (χ2n) is 5.07. The third-order valence-corrected chi connectivity index (χ3v) is 3.67. The van der Waals surface area contributed by atoms with Crippen molar-refractivity contribution in [2.75, 3.05) is 28.4 Å². The first-order chi connectivity index (χ1) is 12.1. The van der Waals surface area contributed by atoms with Crippen LogP contribution in [0, 0.1) is 0 Å². The number of nitrogens with zero attached hydrogens (tertiary/aromatic N) is 4. The topological polar surface area (TPSA) is 94.8 Å². The fourth-order valence-electron chi connectivity index (χ4n) is 2.34. The first-order valence-electron chi connectivity index (χ1n) is 7.69. The van der Waals surface area contributed by atoms with Gasteiger partial charge >= 0.3 is 0 Å². The van der Waals surface area contributed by atoms with Crippen LogP contribution in [0.3, 0.4) is 0 Å². The van der Waals surface area contributed by atoms with Gasteiger partial charge < -0.3 is 24.8 Å². The fraction of sp³-hybridized carbons (Fsp3) is 0.438. The Morgan fingerprint density at radius 3 is 2.36 bits per heavy atom. The molecular weight excluding hydrogens is 324 g/mol. The van der Waals surface area contributed by atoms with E-state index in [4.69, 9.17) is 14.2 Å². The molecule has 2 rings (SSSR count). The highest BCUT2D eigenvalue weighted by Gasteiger charge is 2.16. The number of benzene rings is 1. The van der Waals surface area contributed by atoms with Gasteiger partial charge in [-0.15, -0.1) is 0 Å². The van der Waals surface area contributed by atoms with E-state index in [1.807, 2.05) is 19.2 Å². The molecule has 1 aromatic heterocycles. The van der Waals surface area contributed by atoms with Crippen molar-refractivity contribution in [3.8, 4) is 17.2 Å². The molecule has 1 heterocycles. The molecule has 0 spiro atoms. The SMILES string of the molecule is CN=C(NCc1ccc(OC)c(OC)c1OC)NCc1ncnn1C. The molecular formula is C16H24N6O3. The van der Waals surface area contributed by atoms with E-state index in [0.717, 1.165) is 11.4 Å². The Morgan fingerprint density at radius 2 is 1.80 bits per heavy atom. The Labute approximate surface area is 147 Å². The number of guanidine groups is 1. The number of aliphatic imine (C=N–C) groups is 1. The Kier molecular flexibility index (Phi) is 6.44. The Bertz CT molecular complexity index is 729. The van der Waals surface area contributed by atoms with Crippen LogP contribution in [0.2, 0.25) is 0 Å². The second-order valence-corrected chi connectivity index (χ2v) is 5.07. The standard InChI is InChI=1S/C16H24N6O3/c1-17-16(19-9-13-20-10-21-22(13)2)18-8-11-6-7-12(23-3)15(25-5)14(11)24-4/h6-7,10H,8-9H2,1-5H3,(H2,17,18,19). The van der Waals surface area contributed by atoms with E-state index < -0.39 is 0 Å². The lowest BCUT2D eigenvalue weighted by Crippen LogP contribution is -2.37. The summed E-state index contributed by atoms with van der Waals surface area (Å²) in [5, 5.41) is 10.5. The zero-order chi connectivity index (χ0) is 18.2. The summed E-state index contributed by atoms with van der Waals surface area (Å²) in [6.45, 7) is 1.02. The monoisotopic (exact) mass is 348 g/mol. The van der Waals surface area contributed by atoms with E-state index in [9.17, 15) is 0 Å². The van der Waals surface area contributed by atoms with Crippen LogP contribution in [-0.2, 0) is 20.1 Å². The molecule has 9 heteroatoms. The summed E-state index contributed by atoms with van der Waals surface area (Å²) in [6, 6.07) is 3.76. The van der Waals surface area contributed by atoms with E-state index in [1.165, 1.54) is 6.33 Å². The van der Waals surface area contributed by atoms with Crippen molar-refractivity contribution in [3.63, 3.8) is 0 Å². The van der Waals surface area contributed by atoms with E-state index in [1.54, 1.807) is 33.1 Å². The Morgan fingerprint density at radius 1 is 1.08 bits per heavy atom. The van der Waals surface area contributed by atoms with Gasteiger partial charge in [-0.25, -0.2) is 4.98 Å². The molecule has 2 aromatic rings. The smallest absolute Gasteiger partial charge is 0.203 e. The molecule has 0 saturated carbocycles. The van der Waals surface area contributed by atoms with Crippen molar-refractivity contribution in [2.24, 2.45) is 12.0 Å². The average molecular weight is 348 g/mol. The molecule has 0 aliphatic carbocycles. The lowest BCUT2D eigenvalue weighted by atomic mass is 10.1. The van der Waals surface area contributed by atoms with Gasteiger partial charge in [-0.3, -0.25) is 9.67 Å². The predicted octanol–water partition coefficient (Wildman–Crippen LogP) is 0.706. The van der Waals surface area contributed by atoms with Crippen molar-refractivity contribution in [3.05, 3.63) is 29.8 Å². The number of aryl methyl sites for hydroxylation is 1. The van der Waals surface area contributed by atoms with Crippen LogP contribution < -0.4 is 24.8 Å². The molecule has 9 nitrogen and oxygen atoms in total. The predicted molar refractivity (Wildman–Crippen MR) is 94.1 cm³/mol. The van der Waals surface area contributed by atoms with Gasteiger partial charge in [0.2, 0.25) is 5.75 Å². The van der Waals surface area contributed by atoms with Crippen LogP contribution in [0.25, 0.3) is 0 Å². The normalized spacial score (nSPS) is 11.2. The Balaban J connectivity index is 2.05. The highest BCUT2D eigenvalue weighted by Crippen LogP contribution is 2.39. The fourth-order valence-corrected chi connectivity index (χ4v) is 2.34. The number of hydrogen-bond donors (Lipinski definition) is 2. The van der Waals surface area contributed by atoms with Gasteiger partial charge in [-0.1, -0.05) is 0 Å². The first kappa shape index (κ1) is 18.4. The van der Waals surface area contributed by atoms with Crippen molar-refractivity contribution >= 4 is 5.96 Å². The summed E-state index contributed by atoms with van der Waals surface area (Å²) < 4.78 is 17.9. The summed E-state index contributed by atoms with van der Waals surface area (Å²) in [7, 11) is 8.32. The van der Waals surface area contributed by atoms with Crippen LogP contribution in [-0.4, -0.2) is 49.1 Å². The molecule has 0 aliphatic heterocycles. The Hall–Kier alpha value is -2.97. The first-order valence-corrected chi connectivity index (χ1v) is 7.69. The molecule has 0 unspecified atom stereocenters. The van der Waals surface area contributed by atoms with E-state index in [-0.39, 0.29) is 0 Å². The van der Waals surface area contributed by atoms with Gasteiger partial charge in [0.15, 0.2) is 17.5 Å². The molecule has 1 aromatic carbocycles. The van der Waals surface area contributed by atoms with Gasteiger partial charge in [0.25, 0.3) is 0 Å². The number of aromatic nitrogens is 3. The van der Waals surface area contributed by atoms with E-state index in [2.05, 4.69) is 25.7 Å². The third-order valence-electron chi connectivity index (χ3n) is 3.67. The van der Waals surface area contributed by atoms with Gasteiger partial charge in [0.1, 0.15) is 12.2 Å². The number of methoxy groups -OCH3 is 3. The minimum atomic E-state index is 0.502. The highest BCUT2D eigenvalue weighted by atomic mass is 16.5. The molecule has 2 N–H and O–H groups in total. The van der Waals surface area contributed by atoms with Crippen molar-refractivity contribution in [2.45, 2.75) is 13.1 Å². The summed E-state index contributed by atoms with van der Waals surface area (Å²) in [5.74, 6) is 3.25. The van der Waals surface area contributed by atoms with Gasteiger partial charge in [0.05, 0.1) is 27.9 Å². The van der Waals surface area contributed by atoms with Crippen LogP contribution >= 0.6 is 0 Å². The molecule has 136 valence electrons. The van der Waals surface area contributed by atoms with Gasteiger partial charge in [0, 0.05) is 26.2 Å². The summed E-state index contributed by atoms with van der Waals surface area (Å²) in [4.78, 5) is 8.37. The number of ether oxygens (including phenoxy) is 3. The van der Waals surface area contributed by atoms with Crippen molar-refractivity contribution in [1.82, 2.24) is 25.4 Å². The minimum absolute atomic E-state index is 0.502. The van der Waals surface area contributed by atoms with Crippen LogP contribution in [0.4, 0.5) is 0 Å². The summed E-state index contributed by atoms with van der Waals surface area (Å²) in [6.07, 6.45) is 1.52. The van der Waals surface area contributed by atoms with Crippen LogP contribution in [0.5, 0.6) is 17.2 Å². The summed E-state index contributed by atoms with van der Waals surface area (Å²) >= 11 is 0. The summed E-state index contributed by atoms with van der Waals surface area (Å²) in [5.41, 5.74) is 0.918. The number of nitrogens with one attached hydrogen (secondary N) is 2. The molecule has 0 bridgehead atoms. The minimum Gasteiger partial charge on any atom is -0.493 e. The zero-order valence-corrected chi connectivity index (χ0v) is 15.2. The van der Waals surface area contributed by atoms with E-state index >= 15 is 0 Å².